The maximum absolute atomic E-state index is 11.8. The van der Waals surface area contributed by atoms with Gasteiger partial charge in [-0.1, -0.05) is 12.1 Å². The van der Waals surface area contributed by atoms with Crippen molar-refractivity contribution >= 4 is 23.3 Å². The second kappa shape index (κ2) is 7.12. The largest absolute Gasteiger partial charge is 0.343 e. The molecule has 112 valence electrons. The van der Waals surface area contributed by atoms with Gasteiger partial charge in [-0.2, -0.15) is 0 Å². The summed E-state index contributed by atoms with van der Waals surface area (Å²) in [6, 6.07) is 9.86. The van der Waals surface area contributed by atoms with Gasteiger partial charge in [-0.25, -0.2) is 0 Å². The second-order valence-electron chi connectivity index (χ2n) is 4.61. The lowest BCUT2D eigenvalue weighted by Crippen LogP contribution is -2.32. The van der Waals surface area contributed by atoms with E-state index in [1.165, 1.54) is 13.1 Å². The van der Waals surface area contributed by atoms with Crippen LogP contribution >= 0.6 is 0 Å². The molecule has 0 bridgehead atoms. The van der Waals surface area contributed by atoms with Gasteiger partial charge in [-0.05, 0) is 31.2 Å². The fourth-order valence-corrected chi connectivity index (χ4v) is 1.78. The van der Waals surface area contributed by atoms with Crippen molar-refractivity contribution in [3.05, 3.63) is 59.9 Å². The molecule has 6 heteroatoms. The monoisotopic (exact) mass is 297 g/mol. The van der Waals surface area contributed by atoms with Crippen molar-refractivity contribution < 1.29 is 14.4 Å². The Hall–Kier alpha value is -3.02. The highest BCUT2D eigenvalue weighted by Gasteiger charge is 2.08. The molecular formula is C16H15N3O3. The van der Waals surface area contributed by atoms with Crippen LogP contribution < -0.4 is 10.6 Å². The van der Waals surface area contributed by atoms with Gasteiger partial charge in [-0.3, -0.25) is 19.4 Å². The van der Waals surface area contributed by atoms with Crippen molar-refractivity contribution in [2.75, 3.05) is 11.9 Å². The molecule has 2 N–H and O–H groups in total. The van der Waals surface area contributed by atoms with E-state index in [1.54, 1.807) is 42.6 Å². The lowest BCUT2D eigenvalue weighted by molar-refractivity contribution is -0.115. The number of nitrogens with zero attached hydrogens (tertiary/aromatic N) is 1. The zero-order valence-electron chi connectivity index (χ0n) is 12.0. The molecule has 0 saturated heterocycles. The first-order chi connectivity index (χ1) is 10.6. The van der Waals surface area contributed by atoms with E-state index in [1.807, 2.05) is 0 Å². The van der Waals surface area contributed by atoms with Gasteiger partial charge in [0.2, 0.25) is 5.91 Å². The van der Waals surface area contributed by atoms with Crippen molar-refractivity contribution in [3.63, 3.8) is 0 Å². The summed E-state index contributed by atoms with van der Waals surface area (Å²) >= 11 is 0. The molecule has 0 saturated carbocycles. The number of anilines is 1. The summed E-state index contributed by atoms with van der Waals surface area (Å²) in [7, 11) is 0. The number of Topliss-reactive ketones (excluding diaryl/α,β-unsaturated/α-hetero) is 1. The molecule has 0 unspecified atom stereocenters. The van der Waals surface area contributed by atoms with Crippen LogP contribution in [0, 0.1) is 0 Å². The number of pyridine rings is 1. The van der Waals surface area contributed by atoms with Crippen molar-refractivity contribution in [1.29, 1.82) is 0 Å². The first-order valence-electron chi connectivity index (χ1n) is 6.65. The Morgan fingerprint density at radius 2 is 1.86 bits per heavy atom. The number of carbonyl (C=O) groups excluding carboxylic acids is 3. The molecule has 0 fully saturated rings. The third-order valence-corrected chi connectivity index (χ3v) is 2.89. The fraction of sp³-hybridized carbons (Fsp3) is 0.125. The molecule has 0 aliphatic rings. The summed E-state index contributed by atoms with van der Waals surface area (Å²) < 4.78 is 0. The molecule has 0 atom stereocenters. The van der Waals surface area contributed by atoms with Crippen LogP contribution in [0.5, 0.6) is 0 Å². The van der Waals surface area contributed by atoms with Gasteiger partial charge in [0.05, 0.1) is 12.1 Å². The van der Waals surface area contributed by atoms with Crippen LogP contribution in [0.1, 0.15) is 27.6 Å². The van der Waals surface area contributed by atoms with Crippen LogP contribution in [0.2, 0.25) is 0 Å². The first-order valence-corrected chi connectivity index (χ1v) is 6.65. The first kappa shape index (κ1) is 15.4. The smallest absolute Gasteiger partial charge is 0.253 e. The van der Waals surface area contributed by atoms with E-state index < -0.39 is 0 Å². The lowest BCUT2D eigenvalue weighted by atomic mass is 10.1. The Morgan fingerprint density at radius 3 is 2.55 bits per heavy atom. The zero-order valence-corrected chi connectivity index (χ0v) is 12.0. The number of carbonyl (C=O) groups is 3. The van der Waals surface area contributed by atoms with Gasteiger partial charge < -0.3 is 10.6 Å². The molecule has 0 radical (unpaired) electrons. The molecule has 1 aromatic heterocycles. The average molecular weight is 297 g/mol. The van der Waals surface area contributed by atoms with Gasteiger partial charge in [0.1, 0.15) is 0 Å². The minimum atomic E-state index is -0.377. The molecule has 0 aliphatic heterocycles. The van der Waals surface area contributed by atoms with Crippen LogP contribution in [0.15, 0.2) is 48.8 Å². The number of benzene rings is 1. The summed E-state index contributed by atoms with van der Waals surface area (Å²) in [5, 5.41) is 5.12. The Labute approximate surface area is 127 Å². The molecule has 6 nitrogen and oxygen atoms in total. The second-order valence-corrected chi connectivity index (χ2v) is 4.61. The molecule has 1 heterocycles. The zero-order chi connectivity index (χ0) is 15.9. The topological polar surface area (TPSA) is 88.2 Å². The maximum atomic E-state index is 11.8. The van der Waals surface area contributed by atoms with E-state index in [4.69, 9.17) is 0 Å². The molecule has 1 aromatic carbocycles. The van der Waals surface area contributed by atoms with Gasteiger partial charge in [0, 0.05) is 23.6 Å². The molecular weight excluding hydrogens is 282 g/mol. The summed E-state index contributed by atoms with van der Waals surface area (Å²) in [6.07, 6.45) is 2.98. The SMILES string of the molecule is CC(=O)c1cccc(NC(=O)CNC(=O)c2cccnc2)c1. The van der Waals surface area contributed by atoms with Crippen LogP contribution in [-0.4, -0.2) is 29.1 Å². The van der Waals surface area contributed by atoms with E-state index in [2.05, 4.69) is 15.6 Å². The van der Waals surface area contributed by atoms with Crippen molar-refractivity contribution in [2.24, 2.45) is 0 Å². The third kappa shape index (κ3) is 4.24. The quantitative estimate of drug-likeness (QED) is 0.821. The summed E-state index contributed by atoms with van der Waals surface area (Å²) in [4.78, 5) is 38.7. The predicted octanol–water partition coefficient (Wildman–Crippen LogP) is 1.65. The van der Waals surface area contributed by atoms with Crippen molar-refractivity contribution in [3.8, 4) is 0 Å². The van der Waals surface area contributed by atoms with Crippen LogP contribution in [0.3, 0.4) is 0 Å². The van der Waals surface area contributed by atoms with E-state index >= 15 is 0 Å². The van der Waals surface area contributed by atoms with Crippen molar-refractivity contribution in [2.45, 2.75) is 6.92 Å². The molecule has 0 aliphatic carbocycles. The average Bonchev–Trinajstić information content (AvgIpc) is 2.53. The number of amides is 2. The molecule has 0 spiro atoms. The fourth-order valence-electron chi connectivity index (χ4n) is 1.78. The standard InChI is InChI=1S/C16H15N3O3/c1-11(20)12-4-2-6-14(8-12)19-15(21)10-18-16(22)13-5-3-7-17-9-13/h2-9H,10H2,1H3,(H,18,22)(H,19,21). The Bertz CT molecular complexity index is 699. The molecule has 2 aromatic rings. The number of ketones is 1. The number of nitrogens with one attached hydrogen (secondary N) is 2. The Morgan fingerprint density at radius 1 is 1.09 bits per heavy atom. The van der Waals surface area contributed by atoms with Crippen LogP contribution in [0.25, 0.3) is 0 Å². The molecule has 2 rings (SSSR count). The summed E-state index contributed by atoms with van der Waals surface area (Å²) in [5.41, 5.74) is 1.40. The maximum Gasteiger partial charge on any atom is 0.253 e. The van der Waals surface area contributed by atoms with Gasteiger partial charge in [0.15, 0.2) is 5.78 Å². The van der Waals surface area contributed by atoms with E-state index in [0.29, 0.717) is 16.8 Å². The minimum Gasteiger partial charge on any atom is -0.343 e. The summed E-state index contributed by atoms with van der Waals surface area (Å²) in [5.74, 6) is -0.834. The van der Waals surface area contributed by atoms with Crippen molar-refractivity contribution in [1.82, 2.24) is 10.3 Å². The number of aromatic nitrogens is 1. The number of hydrogen-bond acceptors (Lipinski definition) is 4. The Kier molecular flexibility index (Phi) is 4.98. The predicted molar refractivity (Wildman–Crippen MR) is 81.6 cm³/mol. The third-order valence-electron chi connectivity index (χ3n) is 2.89. The van der Waals surface area contributed by atoms with Gasteiger partial charge in [0.25, 0.3) is 5.91 Å². The molecule has 2 amide bonds. The van der Waals surface area contributed by atoms with E-state index in [-0.39, 0.29) is 24.1 Å². The Balaban J connectivity index is 1.89. The van der Waals surface area contributed by atoms with Crippen LogP contribution in [-0.2, 0) is 4.79 Å². The van der Waals surface area contributed by atoms with Gasteiger partial charge in [-0.15, -0.1) is 0 Å². The van der Waals surface area contributed by atoms with E-state index in [9.17, 15) is 14.4 Å². The number of hydrogen-bond donors (Lipinski definition) is 2. The normalized spacial score (nSPS) is 9.86. The van der Waals surface area contributed by atoms with Gasteiger partial charge >= 0.3 is 0 Å². The van der Waals surface area contributed by atoms with E-state index in [0.717, 1.165) is 0 Å². The highest BCUT2D eigenvalue weighted by molar-refractivity contribution is 6.00. The highest BCUT2D eigenvalue weighted by Crippen LogP contribution is 2.10. The summed E-state index contributed by atoms with van der Waals surface area (Å²) in [6.45, 7) is 1.28. The highest BCUT2D eigenvalue weighted by atomic mass is 16.2. The number of rotatable bonds is 5. The minimum absolute atomic E-state index is 0.0824. The molecule has 22 heavy (non-hydrogen) atoms. The lowest BCUT2D eigenvalue weighted by Gasteiger charge is -2.07. The van der Waals surface area contributed by atoms with Crippen LogP contribution in [0.4, 0.5) is 5.69 Å².